The Kier molecular flexibility index (Phi) is 6.42. The summed E-state index contributed by atoms with van der Waals surface area (Å²) in [6.45, 7) is 5.03. The van der Waals surface area contributed by atoms with Crippen molar-refractivity contribution in [1.82, 2.24) is 4.90 Å². The summed E-state index contributed by atoms with van der Waals surface area (Å²) >= 11 is 4.92. The quantitative estimate of drug-likeness (QED) is 0.588. The highest BCUT2D eigenvalue weighted by Crippen LogP contribution is 2.17. The van der Waals surface area contributed by atoms with Gasteiger partial charge < -0.3 is 20.1 Å². The number of methoxy groups -OCH3 is 1. The molecule has 5 heteroatoms. The van der Waals surface area contributed by atoms with Gasteiger partial charge in [0, 0.05) is 25.8 Å². The molecule has 1 aliphatic heterocycles. The van der Waals surface area contributed by atoms with Gasteiger partial charge in [-0.25, -0.2) is 0 Å². The van der Waals surface area contributed by atoms with Crippen molar-refractivity contribution in [3.8, 4) is 5.75 Å². The number of benzene rings is 1. The van der Waals surface area contributed by atoms with Crippen LogP contribution >= 0.6 is 12.2 Å². The van der Waals surface area contributed by atoms with Gasteiger partial charge in [-0.15, -0.1) is 0 Å². The largest absolute Gasteiger partial charge is 0.494 e. The van der Waals surface area contributed by atoms with Crippen molar-refractivity contribution in [3.05, 3.63) is 29.8 Å². The van der Waals surface area contributed by atoms with Gasteiger partial charge in [-0.2, -0.15) is 0 Å². The van der Waals surface area contributed by atoms with Crippen LogP contribution in [-0.4, -0.2) is 49.8 Å². The van der Waals surface area contributed by atoms with Crippen molar-refractivity contribution >= 4 is 17.2 Å². The Hall–Kier alpha value is -1.17. The maximum atomic E-state index is 5.74. The molecule has 0 aromatic heterocycles. The van der Waals surface area contributed by atoms with Crippen molar-refractivity contribution in [1.29, 1.82) is 0 Å². The van der Waals surface area contributed by atoms with Gasteiger partial charge in [0.15, 0.2) is 0 Å². The number of hydrogen-bond donors (Lipinski definition) is 1. The van der Waals surface area contributed by atoms with Crippen molar-refractivity contribution in [2.75, 3.05) is 40.0 Å². The Morgan fingerprint density at radius 1 is 1.38 bits per heavy atom. The van der Waals surface area contributed by atoms with Crippen LogP contribution in [-0.2, 0) is 4.74 Å². The Balaban J connectivity index is 1.62. The minimum Gasteiger partial charge on any atom is -0.494 e. The molecular weight excluding hydrogens is 284 g/mol. The lowest BCUT2D eigenvalue weighted by atomic mass is 10.1. The number of ether oxygens (including phenoxy) is 2. The molecule has 1 aliphatic rings. The van der Waals surface area contributed by atoms with Crippen LogP contribution in [0.1, 0.15) is 18.4 Å². The summed E-state index contributed by atoms with van der Waals surface area (Å²) in [5, 5.41) is 0. The average Bonchev–Trinajstić information content (AvgIpc) is 2.92. The Morgan fingerprint density at radius 3 is 2.81 bits per heavy atom. The van der Waals surface area contributed by atoms with Crippen LogP contribution < -0.4 is 10.5 Å². The van der Waals surface area contributed by atoms with E-state index in [9.17, 15) is 0 Å². The van der Waals surface area contributed by atoms with Crippen LogP contribution in [0.25, 0.3) is 0 Å². The molecule has 1 fully saturated rings. The molecular formula is C16H24N2O2S. The summed E-state index contributed by atoms with van der Waals surface area (Å²) in [7, 11) is 1.78. The lowest BCUT2D eigenvalue weighted by molar-refractivity contribution is 0.152. The molecule has 116 valence electrons. The van der Waals surface area contributed by atoms with E-state index in [4.69, 9.17) is 27.4 Å². The molecule has 1 saturated heterocycles. The SMILES string of the molecule is COCC1CCN(CCCOc2ccc(C(N)=S)cc2)C1. The van der Waals surface area contributed by atoms with E-state index in [0.717, 1.165) is 44.0 Å². The van der Waals surface area contributed by atoms with Gasteiger partial charge in [0.25, 0.3) is 0 Å². The molecule has 0 radical (unpaired) electrons. The molecule has 0 bridgehead atoms. The fourth-order valence-corrected chi connectivity index (χ4v) is 2.82. The summed E-state index contributed by atoms with van der Waals surface area (Å²) in [5.41, 5.74) is 6.44. The van der Waals surface area contributed by atoms with E-state index < -0.39 is 0 Å². The monoisotopic (exact) mass is 308 g/mol. The third-order valence-electron chi connectivity index (χ3n) is 3.80. The molecule has 1 aromatic carbocycles. The van der Waals surface area contributed by atoms with Crippen LogP contribution in [0.4, 0.5) is 0 Å². The third-order valence-corrected chi connectivity index (χ3v) is 4.03. The molecule has 0 aliphatic carbocycles. The van der Waals surface area contributed by atoms with Gasteiger partial charge in [0.1, 0.15) is 10.7 Å². The summed E-state index contributed by atoms with van der Waals surface area (Å²) < 4.78 is 11.0. The number of nitrogens with zero attached hydrogens (tertiary/aromatic N) is 1. The minimum atomic E-state index is 0.418. The maximum absolute atomic E-state index is 5.74. The summed E-state index contributed by atoms with van der Waals surface area (Å²) in [6.07, 6.45) is 2.28. The summed E-state index contributed by atoms with van der Waals surface area (Å²) in [4.78, 5) is 2.91. The first-order valence-corrected chi connectivity index (χ1v) is 7.84. The second-order valence-electron chi connectivity index (χ2n) is 5.50. The molecule has 0 spiro atoms. The fourth-order valence-electron chi connectivity index (χ4n) is 2.68. The van der Waals surface area contributed by atoms with Gasteiger partial charge in [-0.05, 0) is 49.6 Å². The number of likely N-dealkylation sites (tertiary alicyclic amines) is 1. The highest BCUT2D eigenvalue weighted by atomic mass is 32.1. The first-order valence-electron chi connectivity index (χ1n) is 7.43. The van der Waals surface area contributed by atoms with Crippen LogP contribution in [0, 0.1) is 5.92 Å². The van der Waals surface area contributed by atoms with Gasteiger partial charge in [0.05, 0.1) is 13.2 Å². The van der Waals surface area contributed by atoms with Crippen molar-refractivity contribution in [2.24, 2.45) is 11.7 Å². The normalized spacial score (nSPS) is 18.8. The Morgan fingerprint density at radius 2 is 2.14 bits per heavy atom. The van der Waals surface area contributed by atoms with E-state index >= 15 is 0 Å². The van der Waals surface area contributed by atoms with Gasteiger partial charge in [-0.1, -0.05) is 12.2 Å². The van der Waals surface area contributed by atoms with Crippen molar-refractivity contribution in [2.45, 2.75) is 12.8 Å². The van der Waals surface area contributed by atoms with E-state index in [1.807, 2.05) is 24.3 Å². The molecule has 21 heavy (non-hydrogen) atoms. The molecule has 1 atom stereocenters. The molecule has 4 nitrogen and oxygen atoms in total. The highest BCUT2D eigenvalue weighted by Gasteiger charge is 2.21. The zero-order valence-corrected chi connectivity index (χ0v) is 13.4. The lowest BCUT2D eigenvalue weighted by Crippen LogP contribution is -2.24. The van der Waals surface area contributed by atoms with E-state index in [1.165, 1.54) is 13.0 Å². The lowest BCUT2D eigenvalue weighted by Gasteiger charge is -2.16. The number of nitrogens with two attached hydrogens (primary N) is 1. The average molecular weight is 308 g/mol. The standard InChI is InChI=1S/C16H24N2O2S/c1-19-12-13-7-9-18(11-13)8-2-10-20-15-5-3-14(4-6-15)16(17)21/h3-6,13H,2,7-12H2,1H3,(H2,17,21). The first-order chi connectivity index (χ1) is 10.2. The second-order valence-corrected chi connectivity index (χ2v) is 5.94. The molecule has 0 amide bonds. The van der Waals surface area contributed by atoms with E-state index in [-0.39, 0.29) is 0 Å². The number of hydrogen-bond acceptors (Lipinski definition) is 4. The fraction of sp³-hybridized carbons (Fsp3) is 0.562. The first kappa shape index (κ1) is 16.2. The number of thiocarbonyl (C=S) groups is 1. The highest BCUT2D eigenvalue weighted by molar-refractivity contribution is 7.80. The third kappa shape index (κ3) is 5.26. The number of rotatable bonds is 8. The maximum Gasteiger partial charge on any atom is 0.119 e. The summed E-state index contributed by atoms with van der Waals surface area (Å²) in [5.74, 6) is 1.57. The molecule has 0 saturated carbocycles. The summed E-state index contributed by atoms with van der Waals surface area (Å²) in [6, 6.07) is 7.62. The van der Waals surface area contributed by atoms with Crippen molar-refractivity contribution < 1.29 is 9.47 Å². The Bertz CT molecular complexity index is 450. The second kappa shape index (κ2) is 8.32. The van der Waals surface area contributed by atoms with Crippen molar-refractivity contribution in [3.63, 3.8) is 0 Å². The smallest absolute Gasteiger partial charge is 0.119 e. The molecule has 2 N–H and O–H groups in total. The van der Waals surface area contributed by atoms with E-state index in [2.05, 4.69) is 4.90 Å². The van der Waals surface area contributed by atoms with Crippen LogP contribution in [0.5, 0.6) is 5.75 Å². The topological polar surface area (TPSA) is 47.7 Å². The van der Waals surface area contributed by atoms with Gasteiger partial charge in [0.2, 0.25) is 0 Å². The molecule has 1 heterocycles. The predicted octanol–water partition coefficient (Wildman–Crippen LogP) is 2.06. The van der Waals surface area contributed by atoms with Crippen LogP contribution in [0.15, 0.2) is 24.3 Å². The zero-order chi connectivity index (χ0) is 15.1. The van der Waals surface area contributed by atoms with Crippen LogP contribution in [0.3, 0.4) is 0 Å². The van der Waals surface area contributed by atoms with Gasteiger partial charge >= 0.3 is 0 Å². The molecule has 2 rings (SSSR count). The molecule has 1 unspecified atom stereocenters. The van der Waals surface area contributed by atoms with Gasteiger partial charge in [-0.3, -0.25) is 0 Å². The predicted molar refractivity (Wildman–Crippen MR) is 88.9 cm³/mol. The zero-order valence-electron chi connectivity index (χ0n) is 12.6. The van der Waals surface area contributed by atoms with E-state index in [1.54, 1.807) is 7.11 Å². The molecule has 1 aromatic rings. The minimum absolute atomic E-state index is 0.418. The van der Waals surface area contributed by atoms with Crippen LogP contribution in [0.2, 0.25) is 0 Å². The van der Waals surface area contributed by atoms with E-state index in [0.29, 0.717) is 10.9 Å². The Labute approximate surface area is 132 Å².